The lowest BCUT2D eigenvalue weighted by Gasteiger charge is -2.71. The van der Waals surface area contributed by atoms with Gasteiger partial charge in [-0.25, -0.2) is 0 Å². The van der Waals surface area contributed by atoms with E-state index in [1.165, 1.54) is 20.0 Å². The molecule has 0 unspecified atom stereocenters. The van der Waals surface area contributed by atoms with Crippen LogP contribution in [-0.2, 0) is 19.1 Å². The van der Waals surface area contributed by atoms with Gasteiger partial charge in [0.2, 0.25) is 0 Å². The fourth-order valence-electron chi connectivity index (χ4n) is 9.18. The predicted octanol–water partition coefficient (Wildman–Crippen LogP) is 5.31. The summed E-state index contributed by atoms with van der Waals surface area (Å²) in [5.74, 6) is 2.57. The van der Waals surface area contributed by atoms with E-state index in [9.17, 15) is 9.59 Å². The first-order valence-corrected chi connectivity index (χ1v) is 13.0. The third-order valence-electron chi connectivity index (χ3n) is 10.7. The van der Waals surface area contributed by atoms with E-state index in [0.717, 1.165) is 38.5 Å². The number of rotatable bonds is 4. The summed E-state index contributed by atoms with van der Waals surface area (Å²) >= 11 is 3.98. The summed E-state index contributed by atoms with van der Waals surface area (Å²) in [4.78, 5) is 25.8. The maximum Gasteiger partial charge on any atom is 0.305 e. The Morgan fingerprint density at radius 1 is 1.20 bits per heavy atom. The second-order valence-electron chi connectivity index (χ2n) is 11.5. The van der Waals surface area contributed by atoms with Crippen LogP contribution in [0.2, 0.25) is 0 Å². The van der Waals surface area contributed by atoms with Gasteiger partial charge in [0.1, 0.15) is 5.60 Å². The third-order valence-corrected chi connectivity index (χ3v) is 12.1. The number of ether oxygens (including phenoxy) is 2. The standard InChI is InChI=1S/C25H37BrO4/c1-14(5-10-20(27)29-4)17-8-9-18-19-7-6-15-13-16-11-12-23(15,2)25(19,30-16)22(28)21(26)24(17,18)3/h14-19,21H,5-13H2,1-4H3/t14-,15-,16+,17-,18+,19+,21-,23+,24-,25+/m1/s1. The number of esters is 1. The molecule has 6 fully saturated rings. The smallest absolute Gasteiger partial charge is 0.305 e. The largest absolute Gasteiger partial charge is 0.469 e. The van der Waals surface area contributed by atoms with Gasteiger partial charge in [-0.15, -0.1) is 0 Å². The van der Waals surface area contributed by atoms with Crippen molar-refractivity contribution in [3.05, 3.63) is 0 Å². The average molecular weight is 481 g/mol. The van der Waals surface area contributed by atoms with Crippen LogP contribution in [0.15, 0.2) is 0 Å². The number of fused-ring (bicyclic) bond motifs is 3. The molecule has 4 nitrogen and oxygen atoms in total. The molecule has 4 saturated carbocycles. The number of Topliss-reactive ketones (excluding diaryl/α,β-unsaturated/α-hetero) is 1. The van der Waals surface area contributed by atoms with Gasteiger partial charge in [0.05, 0.1) is 18.0 Å². The van der Waals surface area contributed by atoms with Gasteiger partial charge < -0.3 is 9.47 Å². The van der Waals surface area contributed by atoms with Crippen molar-refractivity contribution in [1.29, 1.82) is 0 Å². The Bertz CT molecular complexity index is 753. The monoisotopic (exact) mass is 480 g/mol. The molecule has 4 aliphatic carbocycles. The molecule has 1 spiro atoms. The van der Waals surface area contributed by atoms with Crippen molar-refractivity contribution in [1.82, 2.24) is 0 Å². The second-order valence-corrected chi connectivity index (χ2v) is 12.4. The van der Waals surface area contributed by atoms with E-state index in [2.05, 4.69) is 36.7 Å². The van der Waals surface area contributed by atoms with Crippen molar-refractivity contribution in [3.8, 4) is 0 Å². The molecule has 0 N–H and O–H groups in total. The van der Waals surface area contributed by atoms with Gasteiger partial charge in [0.25, 0.3) is 0 Å². The zero-order valence-corrected chi connectivity index (χ0v) is 20.5. The number of halogens is 1. The van der Waals surface area contributed by atoms with Crippen LogP contribution in [-0.4, -0.2) is 35.4 Å². The lowest BCUT2D eigenvalue weighted by atomic mass is 9.40. The summed E-state index contributed by atoms with van der Waals surface area (Å²) in [6.07, 6.45) is 9.73. The lowest BCUT2D eigenvalue weighted by Crippen LogP contribution is -2.77. The number of hydrogen-bond acceptors (Lipinski definition) is 4. The van der Waals surface area contributed by atoms with Crippen LogP contribution in [0.1, 0.15) is 78.6 Å². The van der Waals surface area contributed by atoms with Crippen LogP contribution in [0.3, 0.4) is 0 Å². The Labute approximate surface area is 189 Å². The number of alkyl halides is 1. The number of hydrogen-bond donors (Lipinski definition) is 0. The van der Waals surface area contributed by atoms with Crippen molar-refractivity contribution in [3.63, 3.8) is 0 Å². The maximum absolute atomic E-state index is 14.3. The van der Waals surface area contributed by atoms with E-state index >= 15 is 0 Å². The van der Waals surface area contributed by atoms with Gasteiger partial charge in [0.15, 0.2) is 5.78 Å². The van der Waals surface area contributed by atoms with Crippen molar-refractivity contribution in [2.45, 2.75) is 95.1 Å². The topological polar surface area (TPSA) is 52.6 Å². The van der Waals surface area contributed by atoms with Crippen LogP contribution >= 0.6 is 15.9 Å². The first kappa shape index (κ1) is 21.4. The minimum Gasteiger partial charge on any atom is -0.469 e. The lowest BCUT2D eigenvalue weighted by molar-refractivity contribution is -0.306. The van der Waals surface area contributed by atoms with E-state index in [1.54, 1.807) is 0 Å². The van der Waals surface area contributed by atoms with Crippen LogP contribution < -0.4 is 0 Å². The second kappa shape index (κ2) is 7.04. The molecule has 6 rings (SSSR count). The van der Waals surface area contributed by atoms with Crippen molar-refractivity contribution >= 4 is 27.7 Å². The molecule has 4 bridgehead atoms. The molecule has 10 atom stereocenters. The van der Waals surface area contributed by atoms with Crippen LogP contribution in [0, 0.1) is 40.4 Å². The van der Waals surface area contributed by atoms with Gasteiger partial charge in [-0.05, 0) is 86.4 Å². The molecule has 0 amide bonds. The molecular formula is C25H37BrO4. The molecule has 2 saturated heterocycles. The van der Waals surface area contributed by atoms with E-state index in [-0.39, 0.29) is 27.7 Å². The van der Waals surface area contributed by atoms with Gasteiger partial charge in [-0.3, -0.25) is 9.59 Å². The fourth-order valence-corrected chi connectivity index (χ4v) is 10.2. The van der Waals surface area contributed by atoms with E-state index < -0.39 is 5.60 Å². The van der Waals surface area contributed by atoms with Gasteiger partial charge in [0, 0.05) is 11.8 Å². The fraction of sp³-hybridized carbons (Fsp3) is 0.920. The van der Waals surface area contributed by atoms with Gasteiger partial charge in [-0.1, -0.05) is 36.7 Å². The highest BCUT2D eigenvalue weighted by Gasteiger charge is 2.77. The highest BCUT2D eigenvalue weighted by molar-refractivity contribution is 9.10. The Hall–Kier alpha value is -0.420. The minimum atomic E-state index is -0.570. The summed E-state index contributed by atoms with van der Waals surface area (Å²) in [7, 11) is 1.46. The SMILES string of the molecule is COC(=O)CC[C@@H](C)[C@H]1CC[C@H]2[C@@H]3CC[C@@H]4C[C@@H]5CC[C@]4(C)[C@@]3(O5)C(=O)[C@@H](Br)[C@]12C. The zero-order valence-electron chi connectivity index (χ0n) is 18.9. The molecule has 5 heteroatoms. The van der Waals surface area contributed by atoms with E-state index in [0.29, 0.717) is 41.8 Å². The molecule has 2 heterocycles. The highest BCUT2D eigenvalue weighted by Crippen LogP contribution is 2.73. The molecule has 2 aliphatic heterocycles. The van der Waals surface area contributed by atoms with Crippen LogP contribution in [0.25, 0.3) is 0 Å². The quantitative estimate of drug-likeness (QED) is 0.404. The van der Waals surface area contributed by atoms with Crippen molar-refractivity contribution in [2.24, 2.45) is 40.4 Å². The number of methoxy groups -OCH3 is 1. The molecule has 0 radical (unpaired) electrons. The van der Waals surface area contributed by atoms with Crippen molar-refractivity contribution in [2.75, 3.05) is 7.11 Å². The molecule has 6 aliphatic rings. The Kier molecular flexibility index (Phi) is 5.03. The van der Waals surface area contributed by atoms with Crippen molar-refractivity contribution < 1.29 is 19.1 Å². The number of ketones is 1. The Balaban J connectivity index is 1.49. The molecule has 0 aromatic heterocycles. The first-order valence-electron chi connectivity index (χ1n) is 12.1. The third kappa shape index (κ3) is 2.48. The summed E-state index contributed by atoms with van der Waals surface area (Å²) in [6, 6.07) is 0. The first-order chi connectivity index (χ1) is 14.2. The number of carbonyl (C=O) groups is 2. The minimum absolute atomic E-state index is 0.00366. The molecule has 0 aromatic carbocycles. The highest BCUT2D eigenvalue weighted by atomic mass is 79.9. The summed E-state index contributed by atoms with van der Waals surface area (Å²) in [5, 5.41) is 0. The molecular weight excluding hydrogens is 444 g/mol. The average Bonchev–Trinajstić information content (AvgIpc) is 3.08. The Morgan fingerprint density at radius 2 is 1.93 bits per heavy atom. The van der Waals surface area contributed by atoms with Gasteiger partial charge >= 0.3 is 5.97 Å². The summed E-state index contributed by atoms with van der Waals surface area (Å²) in [5.41, 5.74) is -0.630. The number of carbonyl (C=O) groups excluding carboxylic acids is 2. The predicted molar refractivity (Wildman–Crippen MR) is 118 cm³/mol. The van der Waals surface area contributed by atoms with E-state index in [1.807, 2.05) is 0 Å². The van der Waals surface area contributed by atoms with Crippen LogP contribution in [0.5, 0.6) is 0 Å². The maximum atomic E-state index is 14.3. The molecule has 168 valence electrons. The Morgan fingerprint density at radius 3 is 2.67 bits per heavy atom. The summed E-state index contributed by atoms with van der Waals surface area (Å²) in [6.45, 7) is 7.02. The normalized spacial score (nSPS) is 52.5. The molecule has 0 aromatic rings. The van der Waals surface area contributed by atoms with Crippen LogP contribution in [0.4, 0.5) is 0 Å². The molecule has 30 heavy (non-hydrogen) atoms. The van der Waals surface area contributed by atoms with Gasteiger partial charge in [-0.2, -0.15) is 0 Å². The van der Waals surface area contributed by atoms with E-state index in [4.69, 9.17) is 9.47 Å². The zero-order chi connectivity index (χ0) is 21.5. The summed E-state index contributed by atoms with van der Waals surface area (Å²) < 4.78 is 11.7.